The maximum Gasteiger partial charge on any atom is 0.225 e. The van der Waals surface area contributed by atoms with E-state index in [4.69, 9.17) is 4.74 Å². The molecule has 0 saturated carbocycles. The number of carbonyl (C=O) groups excluding carboxylic acids is 1. The van der Waals surface area contributed by atoms with E-state index in [0.29, 0.717) is 30.8 Å². The van der Waals surface area contributed by atoms with Crippen molar-refractivity contribution in [3.8, 4) is 5.75 Å². The molecule has 1 aromatic rings. The molecule has 0 spiro atoms. The molecule has 1 fully saturated rings. The van der Waals surface area contributed by atoms with Crippen LogP contribution in [0.1, 0.15) is 12.8 Å². The second-order valence-electron chi connectivity index (χ2n) is 5.08. The number of amides is 1. The summed E-state index contributed by atoms with van der Waals surface area (Å²) >= 11 is 0. The minimum Gasteiger partial charge on any atom is -0.497 e. The van der Waals surface area contributed by atoms with Crippen LogP contribution in [0.25, 0.3) is 0 Å². The molecule has 6 nitrogen and oxygen atoms in total. The van der Waals surface area contributed by atoms with E-state index in [2.05, 4.69) is 10.6 Å². The maximum absolute atomic E-state index is 11.8. The summed E-state index contributed by atoms with van der Waals surface area (Å²) in [5.74, 6) is 0.976. The molecule has 2 N–H and O–H groups in total. The van der Waals surface area contributed by atoms with Crippen molar-refractivity contribution in [2.75, 3.05) is 30.5 Å². The van der Waals surface area contributed by atoms with Crippen molar-refractivity contribution in [2.24, 2.45) is 0 Å². The SMILES string of the molecule is COc1cccc(NC(=O)CCNC2CCS(=O)(=O)C2)c1. The summed E-state index contributed by atoms with van der Waals surface area (Å²) in [4.78, 5) is 11.8. The number of methoxy groups -OCH3 is 1. The van der Waals surface area contributed by atoms with Gasteiger partial charge in [0.05, 0.1) is 18.6 Å². The average molecular weight is 312 g/mol. The molecule has 0 aromatic heterocycles. The van der Waals surface area contributed by atoms with E-state index in [-0.39, 0.29) is 23.5 Å². The highest BCUT2D eigenvalue weighted by atomic mass is 32.2. The minimum absolute atomic E-state index is 0.0281. The first kappa shape index (κ1) is 15.8. The Hall–Kier alpha value is -1.60. The summed E-state index contributed by atoms with van der Waals surface area (Å²) in [6.07, 6.45) is 0.924. The van der Waals surface area contributed by atoms with Crippen molar-refractivity contribution in [3.63, 3.8) is 0 Å². The predicted molar refractivity (Wildman–Crippen MR) is 81.3 cm³/mol. The molecule has 0 radical (unpaired) electrons. The number of nitrogens with one attached hydrogen (secondary N) is 2. The van der Waals surface area contributed by atoms with Crippen LogP contribution in [0.2, 0.25) is 0 Å². The molecule has 2 rings (SSSR count). The summed E-state index contributed by atoms with van der Waals surface area (Å²) in [6.45, 7) is 0.468. The molecule has 1 atom stereocenters. The number of ether oxygens (including phenoxy) is 1. The lowest BCUT2D eigenvalue weighted by Crippen LogP contribution is -2.32. The Bertz CT molecular complexity index is 601. The molecule has 1 aliphatic heterocycles. The maximum atomic E-state index is 11.8. The van der Waals surface area contributed by atoms with E-state index < -0.39 is 9.84 Å². The van der Waals surface area contributed by atoms with Crippen LogP contribution in [0.3, 0.4) is 0 Å². The van der Waals surface area contributed by atoms with Gasteiger partial charge in [0.15, 0.2) is 9.84 Å². The van der Waals surface area contributed by atoms with Crippen LogP contribution in [0.15, 0.2) is 24.3 Å². The van der Waals surface area contributed by atoms with Crippen LogP contribution in [-0.4, -0.2) is 45.5 Å². The Balaban J connectivity index is 1.72. The number of hydrogen-bond donors (Lipinski definition) is 2. The second kappa shape index (κ2) is 6.91. The van der Waals surface area contributed by atoms with Crippen LogP contribution < -0.4 is 15.4 Å². The number of sulfone groups is 1. The number of anilines is 1. The van der Waals surface area contributed by atoms with Crippen molar-refractivity contribution in [3.05, 3.63) is 24.3 Å². The second-order valence-corrected chi connectivity index (χ2v) is 7.31. The third-order valence-corrected chi connectivity index (χ3v) is 5.14. The van der Waals surface area contributed by atoms with Crippen molar-refractivity contribution in [2.45, 2.75) is 18.9 Å². The van der Waals surface area contributed by atoms with Crippen molar-refractivity contribution >= 4 is 21.4 Å². The summed E-state index contributed by atoms with van der Waals surface area (Å²) < 4.78 is 27.7. The Morgan fingerprint density at radius 1 is 1.43 bits per heavy atom. The topological polar surface area (TPSA) is 84.5 Å². The summed E-state index contributed by atoms with van der Waals surface area (Å²) in [6, 6.07) is 7.11. The van der Waals surface area contributed by atoms with Crippen molar-refractivity contribution in [1.82, 2.24) is 5.32 Å². The normalized spacial score (nSPS) is 20.1. The molecule has 21 heavy (non-hydrogen) atoms. The standard InChI is InChI=1S/C14H20N2O4S/c1-20-13-4-2-3-11(9-13)16-14(17)5-7-15-12-6-8-21(18,19)10-12/h2-4,9,12,15H,5-8,10H2,1H3,(H,16,17). The van der Waals surface area contributed by atoms with Gasteiger partial charge in [0.25, 0.3) is 0 Å². The van der Waals surface area contributed by atoms with Gasteiger partial charge in [-0.3, -0.25) is 4.79 Å². The molecule has 1 aromatic carbocycles. The highest BCUT2D eigenvalue weighted by Gasteiger charge is 2.27. The van der Waals surface area contributed by atoms with Gasteiger partial charge in [-0.2, -0.15) is 0 Å². The number of hydrogen-bond acceptors (Lipinski definition) is 5. The molecule has 1 amide bonds. The Kier molecular flexibility index (Phi) is 5.19. The zero-order valence-electron chi connectivity index (χ0n) is 12.0. The predicted octanol–water partition coefficient (Wildman–Crippen LogP) is 0.800. The number of benzene rings is 1. The zero-order valence-corrected chi connectivity index (χ0v) is 12.8. The quantitative estimate of drug-likeness (QED) is 0.812. The third kappa shape index (κ3) is 5.02. The fourth-order valence-corrected chi connectivity index (χ4v) is 3.98. The van der Waals surface area contributed by atoms with E-state index in [1.165, 1.54) is 0 Å². The molecule has 1 aliphatic rings. The largest absolute Gasteiger partial charge is 0.497 e. The van der Waals surface area contributed by atoms with Crippen LogP contribution in [0.4, 0.5) is 5.69 Å². The first-order valence-electron chi connectivity index (χ1n) is 6.86. The van der Waals surface area contributed by atoms with E-state index in [9.17, 15) is 13.2 Å². The van der Waals surface area contributed by atoms with Gasteiger partial charge in [0, 0.05) is 30.8 Å². The molecule has 1 heterocycles. The summed E-state index contributed by atoms with van der Waals surface area (Å²) in [5, 5.41) is 5.89. The van der Waals surface area contributed by atoms with Gasteiger partial charge in [0.1, 0.15) is 5.75 Å². The number of carbonyl (C=O) groups is 1. The molecule has 0 bridgehead atoms. The highest BCUT2D eigenvalue weighted by molar-refractivity contribution is 7.91. The monoisotopic (exact) mass is 312 g/mol. The fourth-order valence-electron chi connectivity index (χ4n) is 2.27. The molecule has 7 heteroatoms. The van der Waals surface area contributed by atoms with Crippen molar-refractivity contribution in [1.29, 1.82) is 0 Å². The molecule has 0 aliphatic carbocycles. The summed E-state index contributed by atoms with van der Waals surface area (Å²) in [7, 11) is -1.31. The van der Waals surface area contributed by atoms with Crippen LogP contribution in [-0.2, 0) is 14.6 Å². The van der Waals surface area contributed by atoms with E-state index >= 15 is 0 Å². The molecular formula is C14H20N2O4S. The third-order valence-electron chi connectivity index (χ3n) is 3.37. The Morgan fingerprint density at radius 3 is 2.90 bits per heavy atom. The molecular weight excluding hydrogens is 292 g/mol. The van der Waals surface area contributed by atoms with Gasteiger partial charge in [-0.1, -0.05) is 6.07 Å². The Morgan fingerprint density at radius 2 is 2.24 bits per heavy atom. The molecule has 1 unspecified atom stereocenters. The minimum atomic E-state index is -2.88. The van der Waals surface area contributed by atoms with E-state index in [0.717, 1.165) is 0 Å². The Labute approximate surface area is 124 Å². The first-order valence-corrected chi connectivity index (χ1v) is 8.68. The summed E-state index contributed by atoms with van der Waals surface area (Å²) in [5.41, 5.74) is 0.683. The highest BCUT2D eigenvalue weighted by Crippen LogP contribution is 2.16. The molecule has 1 saturated heterocycles. The zero-order chi connectivity index (χ0) is 15.3. The number of rotatable bonds is 6. The lowest BCUT2D eigenvalue weighted by atomic mass is 10.2. The first-order chi connectivity index (χ1) is 9.98. The van der Waals surface area contributed by atoms with Gasteiger partial charge in [0.2, 0.25) is 5.91 Å². The van der Waals surface area contributed by atoms with Gasteiger partial charge in [-0.15, -0.1) is 0 Å². The lowest BCUT2D eigenvalue weighted by Gasteiger charge is -2.11. The smallest absolute Gasteiger partial charge is 0.225 e. The fraction of sp³-hybridized carbons (Fsp3) is 0.500. The van der Waals surface area contributed by atoms with Crippen LogP contribution in [0.5, 0.6) is 5.75 Å². The van der Waals surface area contributed by atoms with Gasteiger partial charge >= 0.3 is 0 Å². The molecule has 116 valence electrons. The average Bonchev–Trinajstić information content (AvgIpc) is 2.78. The van der Waals surface area contributed by atoms with Gasteiger partial charge in [-0.25, -0.2) is 8.42 Å². The van der Waals surface area contributed by atoms with Crippen LogP contribution >= 0.6 is 0 Å². The van der Waals surface area contributed by atoms with Crippen molar-refractivity contribution < 1.29 is 17.9 Å². The van der Waals surface area contributed by atoms with Gasteiger partial charge in [-0.05, 0) is 18.6 Å². The van der Waals surface area contributed by atoms with Gasteiger partial charge < -0.3 is 15.4 Å². The lowest BCUT2D eigenvalue weighted by molar-refractivity contribution is -0.116. The van der Waals surface area contributed by atoms with E-state index in [1.54, 1.807) is 31.4 Å². The van der Waals surface area contributed by atoms with Crippen LogP contribution in [0, 0.1) is 0 Å². The van der Waals surface area contributed by atoms with E-state index in [1.807, 2.05) is 0 Å².